The third kappa shape index (κ3) is 8.28. The monoisotopic (exact) mass is 384 g/mol. The number of rotatable bonds is 7. The highest BCUT2D eigenvalue weighted by molar-refractivity contribution is 14.0. The lowest BCUT2D eigenvalue weighted by Gasteiger charge is -2.24. The van der Waals surface area contributed by atoms with Crippen LogP contribution in [0.25, 0.3) is 0 Å². The van der Waals surface area contributed by atoms with E-state index in [9.17, 15) is 4.79 Å². The van der Waals surface area contributed by atoms with Gasteiger partial charge in [0.25, 0.3) is 0 Å². The molecule has 0 heterocycles. The van der Waals surface area contributed by atoms with Crippen LogP contribution in [0.1, 0.15) is 40.5 Å². The lowest BCUT2D eigenvalue weighted by molar-refractivity contribution is -0.125. The van der Waals surface area contributed by atoms with Crippen LogP contribution in [0.15, 0.2) is 4.99 Å². The van der Waals surface area contributed by atoms with E-state index < -0.39 is 5.41 Å². The largest absolute Gasteiger partial charge is 0.369 e. The van der Waals surface area contributed by atoms with Crippen LogP contribution in [-0.4, -0.2) is 43.4 Å². The van der Waals surface area contributed by atoms with Crippen molar-refractivity contribution in [2.24, 2.45) is 16.1 Å². The number of aliphatic imine (C=N–C) groups is 1. The number of hydrogen-bond acceptors (Lipinski definition) is 2. The van der Waals surface area contributed by atoms with Crippen molar-refractivity contribution < 1.29 is 4.79 Å². The second-order valence-corrected chi connectivity index (χ2v) is 5.19. The number of nitrogens with one attached hydrogen (secondary N) is 1. The minimum absolute atomic E-state index is 0. The number of halogens is 1. The Balaban J connectivity index is 0. The molecule has 0 rings (SSSR count). The average molecular weight is 384 g/mol. The smallest absolute Gasteiger partial charge is 0.224 e. The van der Waals surface area contributed by atoms with E-state index in [4.69, 9.17) is 5.73 Å². The molecule has 114 valence electrons. The quantitative estimate of drug-likeness (QED) is 0.400. The van der Waals surface area contributed by atoms with Gasteiger partial charge in [-0.15, -0.1) is 24.0 Å². The summed E-state index contributed by atoms with van der Waals surface area (Å²) in [7, 11) is 2.01. The number of guanidine groups is 1. The second-order valence-electron chi connectivity index (χ2n) is 5.19. The first-order valence-electron chi connectivity index (χ1n) is 6.64. The molecule has 0 fully saturated rings. The van der Waals surface area contributed by atoms with Crippen molar-refractivity contribution in [1.29, 1.82) is 0 Å². The van der Waals surface area contributed by atoms with Gasteiger partial charge in [0.05, 0.1) is 12.0 Å². The zero-order valence-electron chi connectivity index (χ0n) is 12.8. The van der Waals surface area contributed by atoms with E-state index in [1.165, 1.54) is 0 Å². The molecule has 0 unspecified atom stereocenters. The number of carbonyl (C=O) groups excluding carboxylic acids is 1. The fraction of sp³-hybridized carbons (Fsp3) is 0.846. The van der Waals surface area contributed by atoms with E-state index in [-0.39, 0.29) is 29.9 Å². The Bertz CT molecular complexity index is 292. The summed E-state index contributed by atoms with van der Waals surface area (Å²) in [6.07, 6.45) is 2.27. The number of amides is 1. The highest BCUT2D eigenvalue weighted by Gasteiger charge is 2.24. The summed E-state index contributed by atoms with van der Waals surface area (Å²) in [6.45, 7) is 9.99. The Kier molecular flexibility index (Phi) is 11.2. The van der Waals surface area contributed by atoms with E-state index in [2.05, 4.69) is 22.1 Å². The van der Waals surface area contributed by atoms with Crippen LogP contribution < -0.4 is 11.1 Å². The maximum absolute atomic E-state index is 11.3. The number of carbonyl (C=O) groups is 1. The lowest BCUT2D eigenvalue weighted by atomic mass is 9.93. The van der Waals surface area contributed by atoms with Crippen LogP contribution in [0.2, 0.25) is 0 Å². The summed E-state index contributed by atoms with van der Waals surface area (Å²) in [5.41, 5.74) is 4.74. The SMILES string of the molecule is CCCCN(C)C(=NCC(C)(C)C(N)=O)NCC.I. The highest BCUT2D eigenvalue weighted by Crippen LogP contribution is 2.14. The summed E-state index contributed by atoms with van der Waals surface area (Å²) >= 11 is 0. The van der Waals surface area contributed by atoms with Crippen molar-refractivity contribution in [3.05, 3.63) is 0 Å². The molecule has 0 aromatic rings. The third-order valence-electron chi connectivity index (χ3n) is 2.83. The molecular formula is C13H29IN4O. The van der Waals surface area contributed by atoms with Gasteiger partial charge in [-0.05, 0) is 27.2 Å². The second kappa shape index (κ2) is 10.3. The highest BCUT2D eigenvalue weighted by atomic mass is 127. The van der Waals surface area contributed by atoms with Crippen LogP contribution in [0, 0.1) is 5.41 Å². The predicted molar refractivity (Wildman–Crippen MR) is 91.9 cm³/mol. The van der Waals surface area contributed by atoms with Gasteiger partial charge < -0.3 is 16.0 Å². The zero-order chi connectivity index (χ0) is 14.2. The molecule has 0 bridgehead atoms. The number of nitrogens with two attached hydrogens (primary N) is 1. The van der Waals surface area contributed by atoms with Crippen molar-refractivity contribution >= 4 is 35.8 Å². The third-order valence-corrected chi connectivity index (χ3v) is 2.83. The van der Waals surface area contributed by atoms with E-state index in [0.717, 1.165) is 31.9 Å². The van der Waals surface area contributed by atoms with Gasteiger partial charge in [0.15, 0.2) is 5.96 Å². The Hall–Kier alpha value is -0.530. The summed E-state index contributed by atoms with van der Waals surface area (Å²) in [4.78, 5) is 17.8. The van der Waals surface area contributed by atoms with Crippen molar-refractivity contribution in [2.45, 2.75) is 40.5 Å². The molecule has 5 nitrogen and oxygen atoms in total. The number of unbranched alkanes of at least 4 members (excludes halogenated alkanes) is 1. The number of nitrogens with zero attached hydrogens (tertiary/aromatic N) is 2. The van der Waals surface area contributed by atoms with Gasteiger partial charge in [-0.25, -0.2) is 0 Å². The zero-order valence-corrected chi connectivity index (χ0v) is 15.2. The van der Waals surface area contributed by atoms with Gasteiger partial charge in [0.1, 0.15) is 0 Å². The Morgan fingerprint density at radius 2 is 1.95 bits per heavy atom. The standard InChI is InChI=1S/C13H28N4O.HI/c1-6-8-9-17(5)12(15-7-2)16-10-13(3,4)11(14)18;/h6-10H2,1-5H3,(H2,14,18)(H,15,16);1H. The van der Waals surface area contributed by atoms with Gasteiger partial charge >= 0.3 is 0 Å². The van der Waals surface area contributed by atoms with Gasteiger partial charge in [0, 0.05) is 20.1 Å². The molecule has 0 saturated heterocycles. The Morgan fingerprint density at radius 3 is 2.37 bits per heavy atom. The van der Waals surface area contributed by atoms with Crippen LogP contribution in [0.5, 0.6) is 0 Å². The van der Waals surface area contributed by atoms with E-state index in [0.29, 0.717) is 6.54 Å². The van der Waals surface area contributed by atoms with Gasteiger partial charge in [-0.2, -0.15) is 0 Å². The molecule has 6 heteroatoms. The minimum Gasteiger partial charge on any atom is -0.369 e. The molecule has 0 radical (unpaired) electrons. The molecule has 0 aliphatic carbocycles. The summed E-state index contributed by atoms with van der Waals surface area (Å²) in [5.74, 6) is 0.513. The summed E-state index contributed by atoms with van der Waals surface area (Å²) in [5, 5.41) is 3.23. The van der Waals surface area contributed by atoms with Crippen molar-refractivity contribution in [3.63, 3.8) is 0 Å². The molecule has 0 saturated carbocycles. The maximum atomic E-state index is 11.3. The topological polar surface area (TPSA) is 70.7 Å². The van der Waals surface area contributed by atoms with Crippen LogP contribution in [-0.2, 0) is 4.79 Å². The first-order valence-corrected chi connectivity index (χ1v) is 6.64. The van der Waals surface area contributed by atoms with Gasteiger partial charge in [0.2, 0.25) is 5.91 Å². The van der Waals surface area contributed by atoms with Gasteiger partial charge in [-0.1, -0.05) is 13.3 Å². The Labute approximate surface area is 134 Å². The molecule has 0 aromatic carbocycles. The summed E-state index contributed by atoms with van der Waals surface area (Å²) in [6, 6.07) is 0. The van der Waals surface area contributed by atoms with Crippen LogP contribution >= 0.6 is 24.0 Å². The maximum Gasteiger partial charge on any atom is 0.224 e. The van der Waals surface area contributed by atoms with Crippen molar-refractivity contribution in [2.75, 3.05) is 26.7 Å². The molecule has 3 N–H and O–H groups in total. The molecule has 0 spiro atoms. The van der Waals surface area contributed by atoms with Crippen LogP contribution in [0.4, 0.5) is 0 Å². The van der Waals surface area contributed by atoms with Gasteiger partial charge in [-0.3, -0.25) is 9.79 Å². The van der Waals surface area contributed by atoms with E-state index >= 15 is 0 Å². The predicted octanol–water partition coefficient (Wildman–Crippen LogP) is 1.81. The van der Waals surface area contributed by atoms with E-state index in [1.807, 2.05) is 27.8 Å². The lowest BCUT2D eigenvalue weighted by Crippen LogP contribution is -2.41. The Morgan fingerprint density at radius 1 is 1.37 bits per heavy atom. The van der Waals surface area contributed by atoms with Crippen molar-refractivity contribution in [1.82, 2.24) is 10.2 Å². The number of primary amides is 1. The normalized spacial score (nSPS) is 11.7. The first kappa shape index (κ1) is 20.8. The molecular weight excluding hydrogens is 355 g/mol. The number of hydrogen-bond donors (Lipinski definition) is 2. The molecule has 0 aliphatic rings. The van der Waals surface area contributed by atoms with Crippen LogP contribution in [0.3, 0.4) is 0 Å². The average Bonchev–Trinajstić information content (AvgIpc) is 2.31. The first-order chi connectivity index (χ1) is 8.35. The molecule has 0 atom stereocenters. The molecule has 19 heavy (non-hydrogen) atoms. The fourth-order valence-corrected chi connectivity index (χ4v) is 1.32. The molecule has 1 amide bonds. The minimum atomic E-state index is -0.605. The summed E-state index contributed by atoms with van der Waals surface area (Å²) < 4.78 is 0. The van der Waals surface area contributed by atoms with Crippen molar-refractivity contribution in [3.8, 4) is 0 Å². The van der Waals surface area contributed by atoms with E-state index in [1.54, 1.807) is 0 Å². The molecule has 0 aromatic heterocycles. The fourth-order valence-electron chi connectivity index (χ4n) is 1.32. The molecule has 0 aliphatic heterocycles.